The molecule has 1 saturated heterocycles. The molecule has 0 spiro atoms. The van der Waals surface area contributed by atoms with E-state index < -0.39 is 0 Å². The molecule has 1 N–H and O–H groups in total. The molecule has 5 heteroatoms. The Kier molecular flexibility index (Phi) is 5.66. The molecule has 1 aromatic carbocycles. The zero-order valence-corrected chi connectivity index (χ0v) is 15.0. The van der Waals surface area contributed by atoms with Crippen LogP contribution in [0.15, 0.2) is 41.8 Å². The van der Waals surface area contributed by atoms with Crippen LogP contribution in [0.5, 0.6) is 0 Å². The van der Waals surface area contributed by atoms with E-state index in [1.807, 2.05) is 41.8 Å². The largest absolute Gasteiger partial charge is 0.373 e. The van der Waals surface area contributed by atoms with Crippen molar-refractivity contribution >= 4 is 17.2 Å². The normalized spacial score (nSPS) is 21.6. The molecule has 1 aliphatic rings. The minimum absolute atomic E-state index is 0.0245. The summed E-state index contributed by atoms with van der Waals surface area (Å²) in [5, 5.41) is 4.98. The molecule has 128 valence electrons. The highest BCUT2D eigenvalue weighted by atomic mass is 32.1. The van der Waals surface area contributed by atoms with Crippen LogP contribution in [0.2, 0.25) is 0 Å². The summed E-state index contributed by atoms with van der Waals surface area (Å²) in [4.78, 5) is 15.8. The highest BCUT2D eigenvalue weighted by Gasteiger charge is 2.22. The molecular formula is C19H24N2O2S. The topological polar surface area (TPSA) is 41.6 Å². The molecule has 2 atom stereocenters. The maximum Gasteiger partial charge on any atom is 0.251 e. The minimum Gasteiger partial charge on any atom is -0.373 e. The average molecular weight is 344 g/mol. The number of thiophene rings is 1. The predicted molar refractivity (Wildman–Crippen MR) is 97.2 cm³/mol. The molecule has 0 aliphatic carbocycles. The van der Waals surface area contributed by atoms with Crippen LogP contribution in [0.25, 0.3) is 0 Å². The number of carbonyl (C=O) groups is 1. The second-order valence-electron chi connectivity index (χ2n) is 6.41. The summed E-state index contributed by atoms with van der Waals surface area (Å²) in [6.07, 6.45) is 0.548. The number of amides is 1. The number of nitrogens with one attached hydrogen (secondary N) is 1. The summed E-state index contributed by atoms with van der Waals surface area (Å²) in [6.45, 7) is 7.62. The van der Waals surface area contributed by atoms with E-state index in [2.05, 4.69) is 24.1 Å². The predicted octanol–water partition coefficient (Wildman–Crippen LogP) is 3.29. The monoisotopic (exact) mass is 344 g/mol. The van der Waals surface area contributed by atoms with Crippen molar-refractivity contribution in [2.45, 2.75) is 39.1 Å². The first-order chi connectivity index (χ1) is 11.6. The van der Waals surface area contributed by atoms with E-state index >= 15 is 0 Å². The van der Waals surface area contributed by atoms with Gasteiger partial charge in [0.2, 0.25) is 0 Å². The van der Waals surface area contributed by atoms with Gasteiger partial charge in [-0.25, -0.2) is 0 Å². The van der Waals surface area contributed by atoms with Crippen LogP contribution < -0.4 is 5.32 Å². The van der Waals surface area contributed by atoms with E-state index in [0.29, 0.717) is 12.1 Å². The third-order valence-corrected chi connectivity index (χ3v) is 5.00. The van der Waals surface area contributed by atoms with Crippen molar-refractivity contribution in [2.75, 3.05) is 13.1 Å². The molecule has 1 aromatic heterocycles. The van der Waals surface area contributed by atoms with Crippen molar-refractivity contribution in [1.82, 2.24) is 10.2 Å². The number of rotatable bonds is 5. The van der Waals surface area contributed by atoms with Gasteiger partial charge in [-0.05, 0) is 43.0 Å². The SMILES string of the molecule is C[C@H]1CN(Cc2ccc(C(=O)NCc3cccs3)cc2)C[C@H](C)O1. The summed E-state index contributed by atoms with van der Waals surface area (Å²) in [6, 6.07) is 11.9. The van der Waals surface area contributed by atoms with E-state index in [9.17, 15) is 4.79 Å². The highest BCUT2D eigenvalue weighted by molar-refractivity contribution is 7.09. The third kappa shape index (κ3) is 4.66. The zero-order valence-electron chi connectivity index (χ0n) is 14.2. The smallest absolute Gasteiger partial charge is 0.251 e. The Hall–Kier alpha value is -1.69. The number of hydrogen-bond acceptors (Lipinski definition) is 4. The number of benzene rings is 1. The fraction of sp³-hybridized carbons (Fsp3) is 0.421. The minimum atomic E-state index is -0.0245. The van der Waals surface area contributed by atoms with Gasteiger partial charge in [0.1, 0.15) is 0 Å². The zero-order chi connectivity index (χ0) is 16.9. The summed E-state index contributed by atoms with van der Waals surface area (Å²) < 4.78 is 5.77. The highest BCUT2D eigenvalue weighted by Crippen LogP contribution is 2.15. The molecule has 1 amide bonds. The van der Waals surface area contributed by atoms with Crippen molar-refractivity contribution in [3.63, 3.8) is 0 Å². The lowest BCUT2D eigenvalue weighted by Crippen LogP contribution is -2.44. The molecule has 1 fully saturated rings. The Labute approximate surface area is 147 Å². The maximum atomic E-state index is 12.2. The second-order valence-corrected chi connectivity index (χ2v) is 7.44. The standard InChI is InChI=1S/C19H24N2O2S/c1-14-11-21(12-15(2)23-14)13-16-5-7-17(8-6-16)19(22)20-10-18-4-3-9-24-18/h3-9,14-15H,10-13H2,1-2H3,(H,20,22)/t14-,15-/m0/s1. The van der Waals surface area contributed by atoms with Gasteiger partial charge in [0.25, 0.3) is 5.91 Å². The Bertz CT molecular complexity index is 645. The van der Waals surface area contributed by atoms with E-state index in [-0.39, 0.29) is 18.1 Å². The fourth-order valence-corrected chi connectivity index (χ4v) is 3.76. The summed E-state index contributed by atoms with van der Waals surface area (Å²) >= 11 is 1.65. The number of morpholine rings is 1. The van der Waals surface area contributed by atoms with Gasteiger partial charge >= 0.3 is 0 Å². The van der Waals surface area contributed by atoms with Crippen molar-refractivity contribution in [3.05, 3.63) is 57.8 Å². The lowest BCUT2D eigenvalue weighted by atomic mass is 10.1. The molecule has 0 saturated carbocycles. The molecule has 0 unspecified atom stereocenters. The average Bonchev–Trinajstić information content (AvgIpc) is 3.06. The molecule has 2 heterocycles. The van der Waals surface area contributed by atoms with Crippen molar-refractivity contribution in [3.8, 4) is 0 Å². The number of hydrogen-bond donors (Lipinski definition) is 1. The van der Waals surface area contributed by atoms with E-state index in [0.717, 1.165) is 24.5 Å². The second kappa shape index (κ2) is 7.92. The van der Waals surface area contributed by atoms with Gasteiger partial charge in [-0.15, -0.1) is 11.3 Å². The van der Waals surface area contributed by atoms with Crippen molar-refractivity contribution in [2.24, 2.45) is 0 Å². The van der Waals surface area contributed by atoms with Crippen LogP contribution in [-0.4, -0.2) is 36.1 Å². The summed E-state index contributed by atoms with van der Waals surface area (Å²) in [5.74, 6) is -0.0245. The van der Waals surface area contributed by atoms with Crippen LogP contribution in [0.1, 0.15) is 34.6 Å². The summed E-state index contributed by atoms with van der Waals surface area (Å²) in [7, 11) is 0. The van der Waals surface area contributed by atoms with Crippen LogP contribution >= 0.6 is 11.3 Å². The molecule has 2 aromatic rings. The number of ether oxygens (including phenoxy) is 1. The number of nitrogens with zero attached hydrogens (tertiary/aromatic N) is 1. The first-order valence-corrected chi connectivity index (χ1v) is 9.25. The van der Waals surface area contributed by atoms with Crippen LogP contribution in [0, 0.1) is 0 Å². The molecule has 1 aliphatic heterocycles. The Morgan fingerprint density at radius 1 is 1.21 bits per heavy atom. The van der Waals surface area contributed by atoms with E-state index in [1.165, 1.54) is 5.56 Å². The van der Waals surface area contributed by atoms with Crippen LogP contribution in [0.4, 0.5) is 0 Å². The van der Waals surface area contributed by atoms with Crippen molar-refractivity contribution < 1.29 is 9.53 Å². The van der Waals surface area contributed by atoms with Gasteiger partial charge in [0.05, 0.1) is 18.8 Å². The van der Waals surface area contributed by atoms with E-state index in [4.69, 9.17) is 4.74 Å². The van der Waals surface area contributed by atoms with Crippen molar-refractivity contribution in [1.29, 1.82) is 0 Å². The van der Waals surface area contributed by atoms with Gasteiger partial charge in [0, 0.05) is 30.1 Å². The molecule has 3 rings (SSSR count). The van der Waals surface area contributed by atoms with E-state index in [1.54, 1.807) is 11.3 Å². The molecular weight excluding hydrogens is 320 g/mol. The molecule has 0 radical (unpaired) electrons. The quantitative estimate of drug-likeness (QED) is 0.905. The lowest BCUT2D eigenvalue weighted by molar-refractivity contribution is -0.0704. The first-order valence-electron chi connectivity index (χ1n) is 8.37. The molecule has 24 heavy (non-hydrogen) atoms. The van der Waals surface area contributed by atoms with Crippen LogP contribution in [0.3, 0.4) is 0 Å². The van der Waals surface area contributed by atoms with Gasteiger partial charge in [0.15, 0.2) is 0 Å². The third-order valence-electron chi connectivity index (χ3n) is 4.12. The first kappa shape index (κ1) is 17.1. The Morgan fingerprint density at radius 3 is 2.54 bits per heavy atom. The van der Waals surface area contributed by atoms with Gasteiger partial charge in [-0.2, -0.15) is 0 Å². The molecule has 0 bridgehead atoms. The van der Waals surface area contributed by atoms with Gasteiger partial charge < -0.3 is 10.1 Å². The molecule has 4 nitrogen and oxygen atoms in total. The van der Waals surface area contributed by atoms with Gasteiger partial charge in [-0.1, -0.05) is 18.2 Å². The van der Waals surface area contributed by atoms with Gasteiger partial charge in [-0.3, -0.25) is 9.69 Å². The Balaban J connectivity index is 1.53. The summed E-state index contributed by atoms with van der Waals surface area (Å²) in [5.41, 5.74) is 1.94. The Morgan fingerprint density at radius 2 is 1.92 bits per heavy atom. The van der Waals surface area contributed by atoms with Crippen LogP contribution in [-0.2, 0) is 17.8 Å². The maximum absolute atomic E-state index is 12.2. The number of carbonyl (C=O) groups excluding carboxylic acids is 1. The fourth-order valence-electron chi connectivity index (χ4n) is 3.12. The lowest BCUT2D eigenvalue weighted by Gasteiger charge is -2.35.